The normalized spacial score (nSPS) is 12.0. The van der Waals surface area contributed by atoms with Crippen molar-refractivity contribution >= 4 is 44.8 Å². The zero-order valence-electron chi connectivity index (χ0n) is 13.2. The molecule has 0 unspecified atom stereocenters. The quantitative estimate of drug-likeness (QED) is 0.612. The summed E-state index contributed by atoms with van der Waals surface area (Å²) >= 11 is 17.6. The van der Waals surface area contributed by atoms with Gasteiger partial charge in [0, 0.05) is 0 Å². The molecule has 0 aliphatic heterocycles. The van der Waals surface area contributed by atoms with Gasteiger partial charge in [-0.3, -0.25) is 0 Å². The van der Waals surface area contributed by atoms with E-state index < -0.39 is 32.6 Å². The molecular weight excluding hydrogens is 443 g/mol. The maximum absolute atomic E-state index is 13.6. The van der Waals surface area contributed by atoms with E-state index in [1.807, 2.05) is 0 Å². The molecule has 0 amide bonds. The van der Waals surface area contributed by atoms with Gasteiger partial charge in [0.2, 0.25) is 5.03 Å². The van der Waals surface area contributed by atoms with Gasteiger partial charge in [-0.1, -0.05) is 46.9 Å². The third-order valence-corrected chi connectivity index (χ3v) is 5.54. The number of rotatable bonds is 4. The molecule has 11 heteroatoms. The Morgan fingerprint density at radius 2 is 1.44 bits per heavy atom. The van der Waals surface area contributed by atoms with Crippen LogP contribution in [0.25, 0.3) is 0 Å². The minimum atomic E-state index is -4.19. The summed E-state index contributed by atoms with van der Waals surface area (Å²) in [7, 11) is -4.19. The number of benzene rings is 2. The van der Waals surface area contributed by atoms with Crippen molar-refractivity contribution in [3.05, 3.63) is 80.2 Å². The molecule has 0 atom stereocenters. The Kier molecular flexibility index (Phi) is 5.47. The Hall–Kier alpha value is -1.71. The van der Waals surface area contributed by atoms with E-state index in [-0.39, 0.29) is 21.0 Å². The molecule has 3 N–H and O–H groups in total. The van der Waals surface area contributed by atoms with Crippen LogP contribution in [0.5, 0.6) is 0 Å². The zero-order chi connectivity index (χ0) is 19.9. The molecule has 1 heterocycles. The minimum absolute atomic E-state index is 0.0781. The summed E-state index contributed by atoms with van der Waals surface area (Å²) in [6.07, 6.45) is 0. The Balaban J connectivity index is 2.24. The topological polar surface area (TPSA) is 88.8 Å². The van der Waals surface area contributed by atoms with Crippen molar-refractivity contribution in [2.75, 3.05) is 0 Å². The van der Waals surface area contributed by atoms with Gasteiger partial charge in [0.05, 0.1) is 16.0 Å². The summed E-state index contributed by atoms with van der Waals surface area (Å²) in [6.45, 7) is 0. The van der Waals surface area contributed by atoms with E-state index in [4.69, 9.17) is 39.9 Å². The molecule has 142 valence electrons. The molecule has 0 aliphatic rings. The van der Waals surface area contributed by atoms with Gasteiger partial charge in [0.25, 0.3) is 10.0 Å². The maximum Gasteiger partial charge on any atom is 0.258 e. The summed E-state index contributed by atoms with van der Waals surface area (Å²) in [5.41, 5.74) is 0.880. The molecule has 5 nitrogen and oxygen atoms in total. The molecule has 0 fully saturated rings. The van der Waals surface area contributed by atoms with Crippen LogP contribution < -0.4 is 5.14 Å². The van der Waals surface area contributed by atoms with E-state index in [0.29, 0.717) is 11.1 Å². The van der Waals surface area contributed by atoms with Gasteiger partial charge in [-0.25, -0.2) is 27.3 Å². The van der Waals surface area contributed by atoms with Crippen LogP contribution >= 0.6 is 34.8 Å². The van der Waals surface area contributed by atoms with Crippen molar-refractivity contribution in [1.82, 2.24) is 9.97 Å². The second-order valence-electron chi connectivity index (χ2n) is 5.57. The lowest BCUT2D eigenvalue weighted by Crippen LogP contribution is -2.13. The Morgan fingerprint density at radius 3 is 1.81 bits per heavy atom. The smallest absolute Gasteiger partial charge is 0.258 e. The van der Waals surface area contributed by atoms with Crippen LogP contribution in [0.2, 0.25) is 15.2 Å². The molecule has 27 heavy (non-hydrogen) atoms. The van der Waals surface area contributed by atoms with Gasteiger partial charge in [0.15, 0.2) is 0 Å². The molecule has 2 aromatic carbocycles. The average Bonchev–Trinajstić information content (AvgIpc) is 2.96. The lowest BCUT2D eigenvalue weighted by Gasteiger charge is -2.17. The number of hydrogen-bond acceptors (Lipinski definition) is 3. The monoisotopic (exact) mass is 451 g/mol. The fraction of sp³-hybridized carbons (Fsp3) is 0.0625. The first kappa shape index (κ1) is 20.0. The van der Waals surface area contributed by atoms with E-state index in [0.717, 1.165) is 12.1 Å². The van der Waals surface area contributed by atoms with Crippen molar-refractivity contribution in [3.63, 3.8) is 0 Å². The van der Waals surface area contributed by atoms with Gasteiger partial charge >= 0.3 is 0 Å². The zero-order valence-corrected chi connectivity index (χ0v) is 16.3. The Labute approximate surface area is 168 Å². The van der Waals surface area contributed by atoms with Crippen molar-refractivity contribution in [2.45, 2.75) is 10.9 Å². The molecule has 0 radical (unpaired) electrons. The number of aromatic nitrogens is 2. The highest BCUT2D eigenvalue weighted by Gasteiger charge is 2.26. The van der Waals surface area contributed by atoms with Crippen LogP contribution in [0.4, 0.5) is 8.78 Å². The van der Waals surface area contributed by atoms with E-state index in [1.54, 1.807) is 0 Å². The summed E-state index contributed by atoms with van der Waals surface area (Å²) in [4.78, 5) is 6.60. The van der Waals surface area contributed by atoms with Gasteiger partial charge in [-0.05, 0) is 35.4 Å². The van der Waals surface area contributed by atoms with Crippen molar-refractivity contribution in [2.24, 2.45) is 5.14 Å². The molecule has 1 aromatic heterocycles. The minimum Gasteiger partial charge on any atom is -0.331 e. The first-order valence-corrected chi connectivity index (χ1v) is 9.94. The molecule has 0 saturated carbocycles. The summed E-state index contributed by atoms with van der Waals surface area (Å²) in [6, 6.07) is 7.81. The van der Waals surface area contributed by atoms with Gasteiger partial charge in [0.1, 0.15) is 22.6 Å². The fourth-order valence-electron chi connectivity index (χ4n) is 2.57. The predicted octanol–water partition coefficient (Wildman–Crippen LogP) is 4.48. The molecular formula is C16H10Cl3F2N3O2S. The molecule has 3 aromatic rings. The summed E-state index contributed by atoms with van der Waals surface area (Å²) < 4.78 is 50.4. The molecule has 0 spiro atoms. The maximum atomic E-state index is 13.6. The van der Waals surface area contributed by atoms with Crippen LogP contribution in [0.15, 0.2) is 41.4 Å². The highest BCUT2D eigenvalue weighted by molar-refractivity contribution is 7.89. The van der Waals surface area contributed by atoms with Crippen LogP contribution in [0.3, 0.4) is 0 Å². The average molecular weight is 453 g/mol. The van der Waals surface area contributed by atoms with Crippen molar-refractivity contribution in [1.29, 1.82) is 0 Å². The van der Waals surface area contributed by atoms with E-state index >= 15 is 0 Å². The molecule has 0 bridgehead atoms. The van der Waals surface area contributed by atoms with Crippen LogP contribution in [-0.4, -0.2) is 18.4 Å². The number of nitrogens with zero attached hydrogens (tertiary/aromatic N) is 1. The predicted molar refractivity (Wildman–Crippen MR) is 98.7 cm³/mol. The summed E-state index contributed by atoms with van der Waals surface area (Å²) in [5.74, 6) is -2.00. The fourth-order valence-corrected chi connectivity index (χ4v) is 3.94. The summed E-state index contributed by atoms with van der Waals surface area (Å²) in [5, 5.41) is 3.94. The number of aromatic amines is 1. The largest absolute Gasteiger partial charge is 0.331 e. The first-order valence-electron chi connectivity index (χ1n) is 7.26. The number of hydrogen-bond donors (Lipinski definition) is 2. The Morgan fingerprint density at radius 1 is 0.963 bits per heavy atom. The van der Waals surface area contributed by atoms with Gasteiger partial charge < -0.3 is 4.98 Å². The standard InChI is InChI=1S/C16H10Cl3F2N3O2S/c17-9-5-7(1-3-11(9)20)13(8-2-4-12(21)10(18)6-8)15-23-14(19)16(24-15)27(22,25)26/h1-6,13H,(H,23,24)(H2,22,25,26). The van der Waals surface area contributed by atoms with Crippen molar-refractivity contribution < 1.29 is 17.2 Å². The number of sulfonamides is 1. The molecule has 0 aliphatic carbocycles. The van der Waals surface area contributed by atoms with E-state index in [9.17, 15) is 17.2 Å². The molecule has 3 rings (SSSR count). The highest BCUT2D eigenvalue weighted by Crippen LogP contribution is 2.35. The number of nitrogens with one attached hydrogen (secondary N) is 1. The number of imidazole rings is 1. The lowest BCUT2D eigenvalue weighted by molar-refractivity contribution is 0.594. The molecule has 0 saturated heterocycles. The second-order valence-corrected chi connectivity index (χ2v) is 8.24. The third-order valence-electron chi connectivity index (χ3n) is 3.74. The second kappa shape index (κ2) is 7.37. The third kappa shape index (κ3) is 4.09. The number of primary sulfonamides is 1. The number of halogens is 5. The van der Waals surface area contributed by atoms with Crippen LogP contribution in [-0.2, 0) is 10.0 Å². The van der Waals surface area contributed by atoms with Gasteiger partial charge in [-0.15, -0.1) is 0 Å². The van der Waals surface area contributed by atoms with E-state index in [1.165, 1.54) is 24.3 Å². The Bertz CT molecular complexity index is 1080. The van der Waals surface area contributed by atoms with Crippen LogP contribution in [0.1, 0.15) is 22.9 Å². The van der Waals surface area contributed by atoms with Crippen molar-refractivity contribution in [3.8, 4) is 0 Å². The SMILES string of the molecule is NS(=O)(=O)c1nc(C(c2ccc(F)c(Cl)c2)c2ccc(F)c(Cl)c2)[nH]c1Cl. The highest BCUT2D eigenvalue weighted by atomic mass is 35.5. The lowest BCUT2D eigenvalue weighted by atomic mass is 9.90. The van der Waals surface area contributed by atoms with E-state index in [2.05, 4.69) is 9.97 Å². The number of nitrogens with two attached hydrogens (primary N) is 1. The number of H-pyrrole nitrogens is 1. The van der Waals surface area contributed by atoms with Gasteiger partial charge in [-0.2, -0.15) is 0 Å². The first-order chi connectivity index (χ1) is 12.6. The van der Waals surface area contributed by atoms with Crippen LogP contribution in [0, 0.1) is 11.6 Å².